The number of hydrogen-bond donors (Lipinski definition) is 2. The van der Waals surface area contributed by atoms with Gasteiger partial charge in [-0.15, -0.1) is 0 Å². The van der Waals surface area contributed by atoms with Crippen LogP contribution in [0.3, 0.4) is 0 Å². The zero-order chi connectivity index (χ0) is 24.2. The highest BCUT2D eigenvalue weighted by atomic mass is 19.4. The maximum atomic E-state index is 13.8. The van der Waals surface area contributed by atoms with E-state index in [1.807, 2.05) is 0 Å². The minimum atomic E-state index is -4.54. The van der Waals surface area contributed by atoms with Crippen LogP contribution in [0.25, 0.3) is 16.9 Å². The maximum Gasteiger partial charge on any atom is 0.416 e. The number of halogens is 4. The molecular weight excluding hydrogens is 446 g/mol. The van der Waals surface area contributed by atoms with E-state index in [0.717, 1.165) is 47.1 Å². The zero-order valence-corrected chi connectivity index (χ0v) is 17.3. The molecule has 7 nitrogen and oxygen atoms in total. The number of methoxy groups -OCH3 is 1. The van der Waals surface area contributed by atoms with E-state index in [1.165, 1.54) is 19.2 Å². The lowest BCUT2D eigenvalue weighted by atomic mass is 10.1. The van der Waals surface area contributed by atoms with Gasteiger partial charge in [0, 0.05) is 12.7 Å². The van der Waals surface area contributed by atoms with Crippen LogP contribution in [0.5, 0.6) is 0 Å². The molecule has 174 valence electrons. The highest BCUT2D eigenvalue weighted by Gasteiger charge is 2.30. The number of amides is 1. The van der Waals surface area contributed by atoms with Gasteiger partial charge in [0.1, 0.15) is 11.4 Å². The number of nitrogens with zero attached hydrogens (tertiary/aromatic N) is 2. The van der Waals surface area contributed by atoms with Crippen LogP contribution in [0.15, 0.2) is 59.4 Å². The lowest BCUT2D eigenvalue weighted by Gasteiger charge is -2.16. The van der Waals surface area contributed by atoms with Crippen molar-refractivity contribution in [2.45, 2.75) is 12.2 Å². The Hall–Kier alpha value is -3.57. The Bertz CT molecular complexity index is 1190. The van der Waals surface area contributed by atoms with Gasteiger partial charge in [-0.1, -0.05) is 18.2 Å². The van der Waals surface area contributed by atoms with Gasteiger partial charge in [0.15, 0.2) is 0 Å². The second kappa shape index (κ2) is 9.92. The highest BCUT2D eigenvalue weighted by molar-refractivity contribution is 5.95. The second-order valence-corrected chi connectivity index (χ2v) is 7.02. The van der Waals surface area contributed by atoms with E-state index < -0.39 is 47.2 Å². The number of nitrogens with one attached hydrogen (secondary N) is 1. The van der Waals surface area contributed by atoms with Crippen molar-refractivity contribution in [1.82, 2.24) is 15.1 Å². The first-order chi connectivity index (χ1) is 15.6. The molecule has 2 aromatic carbocycles. The van der Waals surface area contributed by atoms with Crippen LogP contribution in [-0.4, -0.2) is 47.2 Å². The van der Waals surface area contributed by atoms with E-state index >= 15 is 0 Å². The second-order valence-electron chi connectivity index (χ2n) is 7.02. The van der Waals surface area contributed by atoms with Crippen LogP contribution in [0.1, 0.15) is 15.9 Å². The minimum Gasteiger partial charge on any atom is -0.394 e. The Morgan fingerprint density at radius 3 is 2.45 bits per heavy atom. The van der Waals surface area contributed by atoms with Crippen molar-refractivity contribution in [2.75, 3.05) is 20.3 Å². The molecule has 0 saturated heterocycles. The molecule has 1 heterocycles. The summed E-state index contributed by atoms with van der Waals surface area (Å²) in [5.74, 6) is -1.52. The lowest BCUT2D eigenvalue weighted by molar-refractivity contribution is -0.137. The van der Waals surface area contributed by atoms with Gasteiger partial charge in [-0.05, 0) is 36.4 Å². The van der Waals surface area contributed by atoms with E-state index in [9.17, 15) is 32.3 Å². The molecule has 0 saturated carbocycles. The number of carbonyl (C=O) groups excluding carboxylic acids is 1. The van der Waals surface area contributed by atoms with Crippen LogP contribution in [0, 0.1) is 5.82 Å². The fourth-order valence-corrected chi connectivity index (χ4v) is 3.02. The van der Waals surface area contributed by atoms with E-state index in [1.54, 1.807) is 0 Å². The van der Waals surface area contributed by atoms with E-state index in [0.29, 0.717) is 0 Å². The number of ether oxygens (including phenoxy) is 1. The van der Waals surface area contributed by atoms with Crippen molar-refractivity contribution in [1.29, 1.82) is 0 Å². The number of aromatic nitrogens is 2. The van der Waals surface area contributed by atoms with E-state index in [4.69, 9.17) is 4.74 Å². The first-order valence-electron chi connectivity index (χ1n) is 9.62. The van der Waals surface area contributed by atoms with Crippen molar-refractivity contribution >= 4 is 5.91 Å². The highest BCUT2D eigenvalue weighted by Crippen LogP contribution is 2.30. The van der Waals surface area contributed by atoms with Gasteiger partial charge in [-0.3, -0.25) is 9.59 Å². The molecule has 3 aromatic rings. The normalized spacial score (nSPS) is 12.4. The summed E-state index contributed by atoms with van der Waals surface area (Å²) in [4.78, 5) is 25.8. The molecule has 0 aliphatic heterocycles. The molecule has 0 aliphatic carbocycles. The van der Waals surface area contributed by atoms with Crippen LogP contribution < -0.4 is 10.9 Å². The average Bonchev–Trinajstić information content (AvgIpc) is 2.78. The van der Waals surface area contributed by atoms with Crippen molar-refractivity contribution < 1.29 is 32.2 Å². The fourth-order valence-electron chi connectivity index (χ4n) is 3.02. The Morgan fingerprint density at radius 1 is 1.18 bits per heavy atom. The molecule has 0 aliphatic rings. The van der Waals surface area contributed by atoms with Gasteiger partial charge in [0.25, 0.3) is 11.5 Å². The molecule has 33 heavy (non-hydrogen) atoms. The number of aliphatic hydroxyl groups is 1. The third-order valence-corrected chi connectivity index (χ3v) is 4.64. The number of aliphatic hydroxyl groups excluding tert-OH is 1. The predicted octanol–water partition coefficient (Wildman–Crippen LogP) is 2.79. The molecule has 1 aromatic heterocycles. The summed E-state index contributed by atoms with van der Waals surface area (Å²) in [6, 6.07) is 9.18. The molecule has 0 spiro atoms. The van der Waals surface area contributed by atoms with Crippen LogP contribution >= 0.6 is 0 Å². The summed E-state index contributed by atoms with van der Waals surface area (Å²) in [7, 11) is 1.36. The summed E-state index contributed by atoms with van der Waals surface area (Å²) < 4.78 is 58.2. The third-order valence-electron chi connectivity index (χ3n) is 4.64. The molecule has 0 unspecified atom stereocenters. The summed E-state index contributed by atoms with van der Waals surface area (Å²) in [5, 5.41) is 16.0. The standard InChI is InChI=1S/C22H19F4N3O4/c1-33-12-16(11-30)27-20(31)18-10-19(13-5-7-14(8-6-13)22(24,25)26)28-29(21(18)32)17-4-2-3-15(23)9-17/h2-10,16,30H,11-12H2,1H3,(H,27,31)/t16-/m0/s1. The fraction of sp³-hybridized carbons (Fsp3) is 0.227. The maximum absolute atomic E-state index is 13.8. The van der Waals surface area contributed by atoms with Gasteiger partial charge in [0.2, 0.25) is 0 Å². The number of alkyl halides is 3. The van der Waals surface area contributed by atoms with Gasteiger partial charge in [-0.2, -0.15) is 23.0 Å². The van der Waals surface area contributed by atoms with Crippen molar-refractivity contribution in [3.63, 3.8) is 0 Å². The number of rotatable bonds is 7. The van der Waals surface area contributed by atoms with Gasteiger partial charge in [-0.25, -0.2) is 4.39 Å². The van der Waals surface area contributed by atoms with Gasteiger partial charge < -0.3 is 15.2 Å². The van der Waals surface area contributed by atoms with E-state index in [-0.39, 0.29) is 23.6 Å². The smallest absolute Gasteiger partial charge is 0.394 e. The summed E-state index contributed by atoms with van der Waals surface area (Å²) in [6.07, 6.45) is -4.54. The topological polar surface area (TPSA) is 93.4 Å². The lowest BCUT2D eigenvalue weighted by Crippen LogP contribution is -2.43. The Morgan fingerprint density at radius 2 is 1.88 bits per heavy atom. The number of hydrogen-bond acceptors (Lipinski definition) is 5. The van der Waals surface area contributed by atoms with Crippen LogP contribution in [0.4, 0.5) is 17.6 Å². The SMILES string of the molecule is COC[C@H](CO)NC(=O)c1cc(-c2ccc(C(F)(F)F)cc2)nn(-c2cccc(F)c2)c1=O. The monoisotopic (exact) mass is 465 g/mol. The van der Waals surface area contributed by atoms with Crippen molar-refractivity contribution in [3.8, 4) is 16.9 Å². The van der Waals surface area contributed by atoms with Crippen molar-refractivity contribution in [2.24, 2.45) is 0 Å². The molecular formula is C22H19F4N3O4. The molecule has 2 N–H and O–H groups in total. The van der Waals surface area contributed by atoms with Gasteiger partial charge in [0.05, 0.1) is 36.2 Å². The Labute approximate surface area is 185 Å². The molecule has 0 radical (unpaired) electrons. The quantitative estimate of drug-likeness (QED) is 0.524. The summed E-state index contributed by atoms with van der Waals surface area (Å²) >= 11 is 0. The molecule has 11 heteroatoms. The van der Waals surface area contributed by atoms with Crippen LogP contribution in [-0.2, 0) is 10.9 Å². The third kappa shape index (κ3) is 5.62. The minimum absolute atomic E-state index is 0.00465. The molecule has 3 rings (SSSR count). The first kappa shape index (κ1) is 24.1. The zero-order valence-electron chi connectivity index (χ0n) is 17.3. The van der Waals surface area contributed by atoms with Crippen molar-refractivity contribution in [3.05, 3.63) is 81.9 Å². The number of carbonyl (C=O) groups is 1. The molecule has 1 atom stereocenters. The van der Waals surface area contributed by atoms with Crippen LogP contribution in [0.2, 0.25) is 0 Å². The van der Waals surface area contributed by atoms with E-state index in [2.05, 4.69) is 10.4 Å². The summed E-state index contributed by atoms with van der Waals surface area (Å²) in [6.45, 7) is -0.494. The first-order valence-corrected chi connectivity index (χ1v) is 9.62. The number of benzene rings is 2. The Kier molecular flexibility index (Phi) is 7.24. The molecule has 1 amide bonds. The predicted molar refractivity (Wildman–Crippen MR) is 110 cm³/mol. The van der Waals surface area contributed by atoms with Gasteiger partial charge >= 0.3 is 6.18 Å². The molecule has 0 fully saturated rings. The molecule has 0 bridgehead atoms. The Balaban J connectivity index is 2.14. The summed E-state index contributed by atoms with van der Waals surface area (Å²) in [5.41, 5.74) is -1.96. The largest absolute Gasteiger partial charge is 0.416 e. The average molecular weight is 465 g/mol.